The summed E-state index contributed by atoms with van der Waals surface area (Å²) in [6.45, 7) is 0.219. The van der Waals surface area contributed by atoms with Gasteiger partial charge in [-0.25, -0.2) is 4.39 Å². The molecule has 0 aliphatic heterocycles. The second-order valence-corrected chi connectivity index (χ2v) is 5.15. The molecule has 0 saturated heterocycles. The van der Waals surface area contributed by atoms with E-state index in [-0.39, 0.29) is 18.0 Å². The van der Waals surface area contributed by atoms with Gasteiger partial charge in [-0.2, -0.15) is 0 Å². The molecule has 1 heterocycles. The lowest BCUT2D eigenvalue weighted by molar-refractivity contribution is 0.143. The molecule has 0 amide bonds. The van der Waals surface area contributed by atoms with E-state index in [9.17, 15) is 9.50 Å². The van der Waals surface area contributed by atoms with Gasteiger partial charge in [0.1, 0.15) is 5.82 Å². The second kappa shape index (κ2) is 6.23. The van der Waals surface area contributed by atoms with Gasteiger partial charge in [-0.3, -0.25) is 4.98 Å². The van der Waals surface area contributed by atoms with E-state index in [1.807, 2.05) is 0 Å². The molecule has 0 aliphatic rings. The van der Waals surface area contributed by atoms with Crippen LogP contribution in [0, 0.1) is 5.82 Å². The van der Waals surface area contributed by atoms with Crippen LogP contribution in [0.4, 0.5) is 4.39 Å². The van der Waals surface area contributed by atoms with Crippen LogP contribution in [0.2, 0.25) is 0 Å². The highest BCUT2D eigenvalue weighted by Crippen LogP contribution is 2.32. The zero-order chi connectivity index (χ0) is 13.8. The Morgan fingerprint density at radius 1 is 1.26 bits per heavy atom. The normalized spacial score (nSPS) is 14.1. The van der Waals surface area contributed by atoms with E-state index in [4.69, 9.17) is 5.73 Å². The van der Waals surface area contributed by atoms with Crippen LogP contribution in [0.25, 0.3) is 0 Å². The highest BCUT2D eigenvalue weighted by Gasteiger charge is 2.24. The summed E-state index contributed by atoms with van der Waals surface area (Å²) in [5, 5.41) is 10.4. The quantitative estimate of drug-likeness (QED) is 0.909. The van der Waals surface area contributed by atoms with Crippen molar-refractivity contribution < 1.29 is 9.50 Å². The van der Waals surface area contributed by atoms with Gasteiger partial charge in [0.05, 0.1) is 6.10 Å². The van der Waals surface area contributed by atoms with Crippen molar-refractivity contribution in [3.05, 3.63) is 64.1 Å². The lowest BCUT2D eigenvalue weighted by atomic mass is 9.89. The SMILES string of the molecule is NCC(c1ccncc1)C(O)c1cc(Br)ccc1F. The van der Waals surface area contributed by atoms with Crippen molar-refractivity contribution in [3.63, 3.8) is 0 Å². The number of hydrogen-bond acceptors (Lipinski definition) is 3. The molecule has 3 nitrogen and oxygen atoms in total. The number of benzene rings is 1. The summed E-state index contributed by atoms with van der Waals surface area (Å²) in [6.07, 6.45) is 2.26. The first-order valence-corrected chi connectivity index (χ1v) is 6.65. The summed E-state index contributed by atoms with van der Waals surface area (Å²) in [7, 11) is 0. The van der Waals surface area contributed by atoms with E-state index in [1.54, 1.807) is 36.7 Å². The van der Waals surface area contributed by atoms with E-state index in [0.29, 0.717) is 4.47 Å². The molecular formula is C14H14BrFN2O. The highest BCUT2D eigenvalue weighted by atomic mass is 79.9. The van der Waals surface area contributed by atoms with Crippen molar-refractivity contribution >= 4 is 15.9 Å². The van der Waals surface area contributed by atoms with E-state index < -0.39 is 11.9 Å². The van der Waals surface area contributed by atoms with Gasteiger partial charge in [0.15, 0.2) is 0 Å². The predicted molar refractivity (Wildman–Crippen MR) is 75.1 cm³/mol. The van der Waals surface area contributed by atoms with E-state index in [2.05, 4.69) is 20.9 Å². The molecule has 0 spiro atoms. The minimum atomic E-state index is -0.995. The van der Waals surface area contributed by atoms with E-state index in [0.717, 1.165) is 5.56 Å². The number of hydrogen-bond donors (Lipinski definition) is 2. The number of nitrogens with two attached hydrogens (primary N) is 1. The van der Waals surface area contributed by atoms with Crippen LogP contribution in [0.5, 0.6) is 0 Å². The van der Waals surface area contributed by atoms with Crippen molar-refractivity contribution in [1.82, 2.24) is 4.98 Å². The van der Waals surface area contributed by atoms with E-state index >= 15 is 0 Å². The summed E-state index contributed by atoms with van der Waals surface area (Å²) in [5.74, 6) is -0.810. The molecule has 5 heteroatoms. The molecule has 1 aromatic carbocycles. The first-order valence-electron chi connectivity index (χ1n) is 5.86. The molecule has 1 aromatic heterocycles. The summed E-state index contributed by atoms with van der Waals surface area (Å²) >= 11 is 3.27. The second-order valence-electron chi connectivity index (χ2n) is 4.23. The van der Waals surface area contributed by atoms with Crippen LogP contribution in [0.15, 0.2) is 47.2 Å². The molecular weight excluding hydrogens is 311 g/mol. The Balaban J connectivity index is 2.36. The van der Waals surface area contributed by atoms with E-state index in [1.165, 1.54) is 6.07 Å². The van der Waals surface area contributed by atoms with Gasteiger partial charge in [0.2, 0.25) is 0 Å². The topological polar surface area (TPSA) is 59.1 Å². The Hall–Kier alpha value is -1.30. The average molecular weight is 325 g/mol. The first-order chi connectivity index (χ1) is 9.13. The smallest absolute Gasteiger partial charge is 0.129 e. The summed E-state index contributed by atoms with van der Waals surface area (Å²) in [5.41, 5.74) is 6.79. The van der Waals surface area contributed by atoms with Gasteiger partial charge in [-0.05, 0) is 35.9 Å². The molecule has 2 atom stereocenters. The Morgan fingerprint density at radius 2 is 1.95 bits per heavy atom. The lowest BCUT2D eigenvalue weighted by Crippen LogP contribution is -2.21. The number of pyridine rings is 1. The van der Waals surface area contributed by atoms with Crippen molar-refractivity contribution in [3.8, 4) is 0 Å². The predicted octanol–water partition coefficient (Wildman–Crippen LogP) is 2.76. The minimum absolute atomic E-state index is 0.219. The summed E-state index contributed by atoms with van der Waals surface area (Å²) in [6, 6.07) is 8.04. The third-order valence-corrected chi connectivity index (χ3v) is 3.54. The first kappa shape index (κ1) is 14.1. The van der Waals surface area contributed by atoms with Crippen LogP contribution < -0.4 is 5.73 Å². The average Bonchev–Trinajstić information content (AvgIpc) is 2.43. The summed E-state index contributed by atoms with van der Waals surface area (Å²) < 4.78 is 14.5. The maximum atomic E-state index is 13.8. The number of aliphatic hydroxyl groups excluding tert-OH is 1. The molecule has 100 valence electrons. The van der Waals surface area contributed by atoms with Crippen LogP contribution in [-0.2, 0) is 0 Å². The third-order valence-electron chi connectivity index (χ3n) is 3.05. The molecule has 19 heavy (non-hydrogen) atoms. The molecule has 2 rings (SSSR count). The van der Waals surface area contributed by atoms with Crippen LogP contribution in [0.3, 0.4) is 0 Å². The molecule has 3 N–H and O–H groups in total. The van der Waals surface area contributed by atoms with Gasteiger partial charge >= 0.3 is 0 Å². The molecule has 0 aliphatic carbocycles. The van der Waals surface area contributed by atoms with Gasteiger partial charge < -0.3 is 10.8 Å². The summed E-state index contributed by atoms with van der Waals surface area (Å²) in [4.78, 5) is 3.92. The fraction of sp³-hybridized carbons (Fsp3) is 0.214. The van der Waals surface area contributed by atoms with Crippen molar-refractivity contribution in [2.45, 2.75) is 12.0 Å². The van der Waals surface area contributed by atoms with Gasteiger partial charge in [0, 0.05) is 34.9 Å². The zero-order valence-corrected chi connectivity index (χ0v) is 11.7. The Labute approximate surface area is 119 Å². The number of nitrogens with zero attached hydrogens (tertiary/aromatic N) is 1. The molecule has 0 radical (unpaired) electrons. The third kappa shape index (κ3) is 3.18. The number of rotatable bonds is 4. The Morgan fingerprint density at radius 3 is 2.58 bits per heavy atom. The van der Waals surface area contributed by atoms with Gasteiger partial charge in [0.25, 0.3) is 0 Å². The van der Waals surface area contributed by atoms with Crippen LogP contribution >= 0.6 is 15.9 Å². The standard InChI is InChI=1S/C14H14BrFN2O/c15-10-1-2-13(16)11(7-10)14(19)12(8-17)9-3-5-18-6-4-9/h1-7,12,14,19H,8,17H2. The van der Waals surface area contributed by atoms with Crippen molar-refractivity contribution in [2.24, 2.45) is 5.73 Å². The minimum Gasteiger partial charge on any atom is -0.388 e. The molecule has 0 bridgehead atoms. The highest BCUT2D eigenvalue weighted by molar-refractivity contribution is 9.10. The van der Waals surface area contributed by atoms with Crippen molar-refractivity contribution in [2.75, 3.05) is 6.54 Å². The molecule has 0 fully saturated rings. The van der Waals surface area contributed by atoms with Crippen LogP contribution in [0.1, 0.15) is 23.1 Å². The molecule has 2 aromatic rings. The Kier molecular flexibility index (Phi) is 4.63. The largest absolute Gasteiger partial charge is 0.388 e. The van der Waals surface area contributed by atoms with Gasteiger partial charge in [-0.1, -0.05) is 15.9 Å². The molecule has 2 unspecified atom stereocenters. The number of aromatic nitrogens is 1. The number of aliphatic hydroxyl groups is 1. The lowest BCUT2D eigenvalue weighted by Gasteiger charge is -2.22. The fourth-order valence-corrected chi connectivity index (χ4v) is 2.39. The molecule has 0 saturated carbocycles. The monoisotopic (exact) mass is 324 g/mol. The Bertz CT molecular complexity index is 550. The maximum absolute atomic E-state index is 13.8. The maximum Gasteiger partial charge on any atom is 0.129 e. The number of halogens is 2. The van der Waals surface area contributed by atoms with Gasteiger partial charge in [-0.15, -0.1) is 0 Å². The van der Waals surface area contributed by atoms with Crippen LogP contribution in [-0.4, -0.2) is 16.6 Å². The van der Waals surface area contributed by atoms with Crippen molar-refractivity contribution in [1.29, 1.82) is 0 Å². The fourth-order valence-electron chi connectivity index (χ4n) is 2.02. The zero-order valence-electron chi connectivity index (χ0n) is 10.1.